The molecule has 18 heavy (non-hydrogen) atoms. The smallest absolute Gasteiger partial charge is 0.0221 e. The van der Waals surface area contributed by atoms with Crippen molar-refractivity contribution in [3.63, 3.8) is 0 Å². The van der Waals surface area contributed by atoms with E-state index in [2.05, 4.69) is 49.9 Å². The van der Waals surface area contributed by atoms with Crippen molar-refractivity contribution in [1.82, 2.24) is 15.1 Å². The molecule has 0 aromatic rings. The standard InChI is InChI=1S/C15H33N3/c1-6-8-15(10-16-9-7-2)18-11-13(3)17(5)14(4)12-18/h13-16H,6-12H2,1-5H3. The zero-order valence-corrected chi connectivity index (χ0v) is 13.1. The van der Waals surface area contributed by atoms with Gasteiger partial charge in [-0.05, 0) is 40.3 Å². The number of rotatable bonds is 7. The minimum atomic E-state index is 0.680. The Hall–Kier alpha value is -0.120. The lowest BCUT2D eigenvalue weighted by Gasteiger charge is -2.45. The second kappa shape index (κ2) is 8.13. The summed E-state index contributed by atoms with van der Waals surface area (Å²) >= 11 is 0. The normalized spacial score (nSPS) is 28.5. The fourth-order valence-corrected chi connectivity index (χ4v) is 2.94. The van der Waals surface area contributed by atoms with E-state index >= 15 is 0 Å². The molecule has 0 aliphatic carbocycles. The second-order valence-electron chi connectivity index (χ2n) is 5.96. The molecule has 0 amide bonds. The van der Waals surface area contributed by atoms with Gasteiger partial charge in [0.05, 0.1) is 0 Å². The van der Waals surface area contributed by atoms with Gasteiger partial charge in [-0.3, -0.25) is 9.80 Å². The summed E-state index contributed by atoms with van der Waals surface area (Å²) in [5.41, 5.74) is 0. The summed E-state index contributed by atoms with van der Waals surface area (Å²) in [6, 6.07) is 2.08. The first-order valence-corrected chi connectivity index (χ1v) is 7.76. The molecule has 0 aromatic carbocycles. The van der Waals surface area contributed by atoms with Gasteiger partial charge in [0, 0.05) is 37.8 Å². The molecular weight excluding hydrogens is 222 g/mol. The van der Waals surface area contributed by atoms with Crippen molar-refractivity contribution in [3.8, 4) is 0 Å². The van der Waals surface area contributed by atoms with Crippen LogP contribution in [0.1, 0.15) is 47.0 Å². The summed E-state index contributed by atoms with van der Waals surface area (Å²) < 4.78 is 0. The second-order valence-corrected chi connectivity index (χ2v) is 5.96. The zero-order chi connectivity index (χ0) is 13.5. The van der Waals surface area contributed by atoms with Gasteiger partial charge in [-0.1, -0.05) is 20.3 Å². The average Bonchev–Trinajstić information content (AvgIpc) is 2.34. The Balaban J connectivity index is 2.50. The summed E-state index contributed by atoms with van der Waals surface area (Å²) in [6.07, 6.45) is 3.84. The molecule has 1 aliphatic heterocycles. The van der Waals surface area contributed by atoms with Crippen LogP contribution in [-0.4, -0.2) is 61.2 Å². The molecule has 0 bridgehead atoms. The molecule has 0 aromatic heterocycles. The summed E-state index contributed by atoms with van der Waals surface area (Å²) in [7, 11) is 2.26. The summed E-state index contributed by atoms with van der Waals surface area (Å²) in [4.78, 5) is 5.22. The maximum atomic E-state index is 3.60. The Bertz CT molecular complexity index is 208. The molecule has 1 fully saturated rings. The molecular formula is C15H33N3. The van der Waals surface area contributed by atoms with Gasteiger partial charge in [-0.2, -0.15) is 0 Å². The van der Waals surface area contributed by atoms with Crippen molar-refractivity contribution < 1.29 is 0 Å². The highest BCUT2D eigenvalue weighted by Gasteiger charge is 2.30. The topological polar surface area (TPSA) is 18.5 Å². The van der Waals surface area contributed by atoms with Gasteiger partial charge in [0.15, 0.2) is 0 Å². The number of likely N-dealkylation sites (N-methyl/N-ethyl adjacent to an activating group) is 1. The molecule has 1 saturated heterocycles. The Labute approximate surface area is 114 Å². The van der Waals surface area contributed by atoms with Crippen LogP contribution in [0.25, 0.3) is 0 Å². The molecule has 0 radical (unpaired) electrons. The average molecular weight is 255 g/mol. The first-order valence-electron chi connectivity index (χ1n) is 7.76. The van der Waals surface area contributed by atoms with Crippen molar-refractivity contribution in [2.24, 2.45) is 0 Å². The van der Waals surface area contributed by atoms with Crippen LogP contribution in [0, 0.1) is 0 Å². The third kappa shape index (κ3) is 4.52. The minimum Gasteiger partial charge on any atom is -0.315 e. The monoisotopic (exact) mass is 255 g/mol. The van der Waals surface area contributed by atoms with Crippen LogP contribution in [0.2, 0.25) is 0 Å². The highest BCUT2D eigenvalue weighted by Crippen LogP contribution is 2.17. The van der Waals surface area contributed by atoms with Crippen molar-refractivity contribution in [3.05, 3.63) is 0 Å². The van der Waals surface area contributed by atoms with Crippen LogP contribution < -0.4 is 5.32 Å². The Kier molecular flexibility index (Phi) is 7.20. The van der Waals surface area contributed by atoms with Crippen LogP contribution in [-0.2, 0) is 0 Å². The number of nitrogens with zero attached hydrogens (tertiary/aromatic N) is 2. The van der Waals surface area contributed by atoms with Gasteiger partial charge in [0.25, 0.3) is 0 Å². The molecule has 1 aliphatic rings. The molecule has 3 atom stereocenters. The number of hydrogen-bond acceptors (Lipinski definition) is 3. The van der Waals surface area contributed by atoms with Crippen molar-refractivity contribution in [2.75, 3.05) is 33.2 Å². The highest BCUT2D eigenvalue weighted by molar-refractivity contribution is 4.87. The van der Waals surface area contributed by atoms with Gasteiger partial charge >= 0.3 is 0 Å². The fraction of sp³-hybridized carbons (Fsp3) is 1.00. The third-order valence-electron chi connectivity index (χ3n) is 4.33. The number of nitrogens with one attached hydrogen (secondary N) is 1. The Morgan fingerprint density at radius 1 is 1.11 bits per heavy atom. The molecule has 3 heteroatoms. The van der Waals surface area contributed by atoms with E-state index in [0.717, 1.165) is 19.1 Å². The maximum Gasteiger partial charge on any atom is 0.0221 e. The SMILES string of the molecule is CCCNCC(CCC)N1CC(C)N(C)C(C)C1. The first kappa shape index (κ1) is 15.9. The number of piperazine rings is 1. The van der Waals surface area contributed by atoms with E-state index in [1.54, 1.807) is 0 Å². The molecule has 3 nitrogen and oxygen atoms in total. The molecule has 1 rings (SSSR count). The molecule has 3 unspecified atom stereocenters. The molecule has 1 N–H and O–H groups in total. The van der Waals surface area contributed by atoms with E-state index in [4.69, 9.17) is 0 Å². The van der Waals surface area contributed by atoms with Crippen LogP contribution in [0.3, 0.4) is 0 Å². The van der Waals surface area contributed by atoms with Gasteiger partial charge in [-0.25, -0.2) is 0 Å². The quantitative estimate of drug-likeness (QED) is 0.704. The minimum absolute atomic E-state index is 0.680. The molecule has 1 heterocycles. The van der Waals surface area contributed by atoms with Crippen LogP contribution in [0.4, 0.5) is 0 Å². The van der Waals surface area contributed by atoms with E-state index < -0.39 is 0 Å². The van der Waals surface area contributed by atoms with Gasteiger partial charge in [0.1, 0.15) is 0 Å². The van der Waals surface area contributed by atoms with Crippen LogP contribution in [0.5, 0.6) is 0 Å². The van der Waals surface area contributed by atoms with E-state index in [1.165, 1.54) is 32.4 Å². The van der Waals surface area contributed by atoms with Gasteiger partial charge < -0.3 is 5.32 Å². The zero-order valence-electron chi connectivity index (χ0n) is 13.1. The van der Waals surface area contributed by atoms with Crippen LogP contribution in [0.15, 0.2) is 0 Å². The Morgan fingerprint density at radius 2 is 1.72 bits per heavy atom. The van der Waals surface area contributed by atoms with E-state index in [1.807, 2.05) is 0 Å². The van der Waals surface area contributed by atoms with E-state index in [9.17, 15) is 0 Å². The lowest BCUT2D eigenvalue weighted by molar-refractivity contribution is 0.0311. The molecule has 0 saturated carbocycles. The maximum absolute atomic E-state index is 3.60. The molecule has 0 spiro atoms. The van der Waals surface area contributed by atoms with E-state index in [0.29, 0.717) is 12.1 Å². The van der Waals surface area contributed by atoms with Gasteiger partial charge in [-0.15, -0.1) is 0 Å². The lowest BCUT2D eigenvalue weighted by atomic mass is 10.0. The van der Waals surface area contributed by atoms with Crippen LogP contribution >= 0.6 is 0 Å². The predicted octanol–water partition coefficient (Wildman–Crippen LogP) is 2.18. The number of hydrogen-bond donors (Lipinski definition) is 1. The Morgan fingerprint density at radius 3 is 2.22 bits per heavy atom. The summed E-state index contributed by atoms with van der Waals surface area (Å²) in [5, 5.41) is 3.60. The highest BCUT2D eigenvalue weighted by atomic mass is 15.3. The third-order valence-corrected chi connectivity index (χ3v) is 4.33. The summed E-state index contributed by atoms with van der Waals surface area (Å²) in [6.45, 7) is 14.0. The largest absolute Gasteiger partial charge is 0.315 e. The van der Waals surface area contributed by atoms with E-state index in [-0.39, 0.29) is 0 Å². The lowest BCUT2D eigenvalue weighted by Crippen LogP contribution is -2.59. The molecule has 108 valence electrons. The predicted molar refractivity (Wildman–Crippen MR) is 80.1 cm³/mol. The van der Waals surface area contributed by atoms with Crippen molar-refractivity contribution >= 4 is 0 Å². The van der Waals surface area contributed by atoms with Crippen molar-refractivity contribution in [1.29, 1.82) is 0 Å². The fourth-order valence-electron chi connectivity index (χ4n) is 2.94. The van der Waals surface area contributed by atoms with Gasteiger partial charge in [0.2, 0.25) is 0 Å². The summed E-state index contributed by atoms with van der Waals surface area (Å²) in [5.74, 6) is 0. The van der Waals surface area contributed by atoms with Crippen molar-refractivity contribution in [2.45, 2.75) is 65.1 Å². The first-order chi connectivity index (χ1) is 8.60.